The van der Waals surface area contributed by atoms with Crippen LogP contribution < -0.4 is 5.73 Å². The third-order valence-electron chi connectivity index (χ3n) is 3.62. The Hall–Kier alpha value is -1.92. The van der Waals surface area contributed by atoms with Crippen LogP contribution in [0, 0.1) is 6.92 Å². The van der Waals surface area contributed by atoms with Crippen LogP contribution in [0.15, 0.2) is 24.3 Å². The number of benzene rings is 1. The van der Waals surface area contributed by atoms with Crippen LogP contribution in [0.5, 0.6) is 0 Å². The Morgan fingerprint density at radius 1 is 1.35 bits per heavy atom. The van der Waals surface area contributed by atoms with E-state index >= 15 is 0 Å². The summed E-state index contributed by atoms with van der Waals surface area (Å²) in [5, 5.41) is 1.43. The van der Waals surface area contributed by atoms with Crippen molar-refractivity contribution in [3.05, 3.63) is 40.0 Å². The van der Waals surface area contributed by atoms with E-state index in [9.17, 15) is 9.59 Å². The fourth-order valence-electron chi connectivity index (χ4n) is 2.43. The maximum atomic E-state index is 12.9. The molecule has 1 fully saturated rings. The van der Waals surface area contributed by atoms with Gasteiger partial charge in [0, 0.05) is 11.1 Å². The zero-order valence-corrected chi connectivity index (χ0v) is 14.2. The molecule has 23 heavy (non-hydrogen) atoms. The van der Waals surface area contributed by atoms with Crippen LogP contribution in [0.25, 0.3) is 10.4 Å². The van der Waals surface area contributed by atoms with E-state index in [0.29, 0.717) is 10.7 Å². The topological polar surface area (TPSA) is 76.3 Å². The van der Waals surface area contributed by atoms with Gasteiger partial charge >= 0.3 is 0 Å². The zero-order chi connectivity index (χ0) is 16.6. The van der Waals surface area contributed by atoms with E-state index in [4.69, 9.17) is 17.3 Å². The second-order valence-corrected chi connectivity index (χ2v) is 7.19. The van der Waals surface area contributed by atoms with Crippen molar-refractivity contribution in [1.82, 2.24) is 9.88 Å². The number of rotatable bonds is 5. The largest absolute Gasteiger partial charge is 0.368 e. The molecule has 0 atom stereocenters. The lowest BCUT2D eigenvalue weighted by Crippen LogP contribution is -2.40. The van der Waals surface area contributed by atoms with Crippen molar-refractivity contribution in [2.75, 3.05) is 6.54 Å². The first kappa shape index (κ1) is 16.0. The molecule has 1 aliphatic rings. The van der Waals surface area contributed by atoms with E-state index < -0.39 is 5.91 Å². The molecule has 7 heteroatoms. The molecule has 5 nitrogen and oxygen atoms in total. The van der Waals surface area contributed by atoms with E-state index in [1.54, 1.807) is 12.1 Å². The lowest BCUT2D eigenvalue weighted by Gasteiger charge is -2.20. The monoisotopic (exact) mass is 349 g/mol. The van der Waals surface area contributed by atoms with Crippen molar-refractivity contribution in [2.45, 2.75) is 25.8 Å². The quantitative estimate of drug-likeness (QED) is 0.901. The summed E-state index contributed by atoms with van der Waals surface area (Å²) in [6.45, 7) is 1.79. The van der Waals surface area contributed by atoms with Crippen LogP contribution in [-0.4, -0.2) is 34.3 Å². The lowest BCUT2D eigenvalue weighted by molar-refractivity contribution is -0.118. The molecule has 2 aromatic rings. The minimum absolute atomic E-state index is 0.0693. The first-order valence-corrected chi connectivity index (χ1v) is 8.48. The molecule has 2 N–H and O–H groups in total. The molecular weight excluding hydrogens is 334 g/mol. The van der Waals surface area contributed by atoms with Crippen molar-refractivity contribution in [2.24, 2.45) is 5.73 Å². The van der Waals surface area contributed by atoms with E-state index in [2.05, 4.69) is 4.98 Å². The number of thiazole rings is 1. The van der Waals surface area contributed by atoms with Crippen LogP contribution in [0.2, 0.25) is 5.02 Å². The number of hydrogen-bond acceptors (Lipinski definition) is 4. The second-order valence-electron chi connectivity index (χ2n) is 5.55. The highest BCUT2D eigenvalue weighted by Crippen LogP contribution is 2.34. The van der Waals surface area contributed by atoms with Crippen molar-refractivity contribution >= 4 is 34.8 Å². The summed E-state index contributed by atoms with van der Waals surface area (Å²) in [6, 6.07) is 7.38. The van der Waals surface area contributed by atoms with Gasteiger partial charge in [0.05, 0.1) is 16.4 Å². The van der Waals surface area contributed by atoms with Crippen molar-refractivity contribution < 1.29 is 9.59 Å². The van der Waals surface area contributed by atoms with Crippen LogP contribution >= 0.6 is 22.9 Å². The average Bonchev–Trinajstić information content (AvgIpc) is 3.27. The van der Waals surface area contributed by atoms with Gasteiger partial charge in [-0.1, -0.05) is 23.7 Å². The van der Waals surface area contributed by atoms with Crippen LogP contribution in [0.4, 0.5) is 0 Å². The fourth-order valence-corrected chi connectivity index (χ4v) is 3.47. The molecular formula is C16H16ClN3O2S. The van der Waals surface area contributed by atoms with Crippen molar-refractivity contribution in [3.8, 4) is 10.4 Å². The maximum Gasteiger partial charge on any atom is 0.274 e. The molecule has 120 valence electrons. The Kier molecular flexibility index (Phi) is 4.37. The number of carbonyl (C=O) groups excluding carboxylic acids is 2. The van der Waals surface area contributed by atoms with Crippen LogP contribution in [0.3, 0.4) is 0 Å². The van der Waals surface area contributed by atoms with E-state index in [0.717, 1.165) is 28.3 Å². The van der Waals surface area contributed by atoms with Gasteiger partial charge in [-0.2, -0.15) is 0 Å². The molecule has 0 saturated heterocycles. The number of aryl methyl sites for hydroxylation is 1. The molecule has 1 aromatic carbocycles. The molecule has 0 radical (unpaired) electrons. The van der Waals surface area contributed by atoms with E-state index in [1.807, 2.05) is 19.1 Å². The predicted molar refractivity (Wildman–Crippen MR) is 90.5 cm³/mol. The number of hydrogen-bond donors (Lipinski definition) is 1. The summed E-state index contributed by atoms with van der Waals surface area (Å²) in [7, 11) is 0. The number of nitrogens with two attached hydrogens (primary N) is 1. The Morgan fingerprint density at radius 3 is 2.57 bits per heavy atom. The molecule has 0 unspecified atom stereocenters. The highest BCUT2D eigenvalue weighted by molar-refractivity contribution is 7.15. The van der Waals surface area contributed by atoms with Gasteiger partial charge in [-0.05, 0) is 37.5 Å². The predicted octanol–water partition coefficient (Wildman–Crippen LogP) is 2.86. The Labute approximate surface area is 143 Å². The highest BCUT2D eigenvalue weighted by atomic mass is 35.5. The van der Waals surface area contributed by atoms with Gasteiger partial charge in [-0.3, -0.25) is 9.59 Å². The van der Waals surface area contributed by atoms with Crippen molar-refractivity contribution in [1.29, 1.82) is 0 Å². The Bertz CT molecular complexity index is 753. The summed E-state index contributed by atoms with van der Waals surface area (Å²) in [5.74, 6) is -0.745. The number of aromatic nitrogens is 1. The molecule has 2 amide bonds. The molecule has 1 aliphatic carbocycles. The van der Waals surface area contributed by atoms with E-state index in [1.165, 1.54) is 16.2 Å². The normalized spacial score (nSPS) is 13.8. The summed E-state index contributed by atoms with van der Waals surface area (Å²) in [6.07, 6.45) is 1.80. The summed E-state index contributed by atoms with van der Waals surface area (Å²) in [4.78, 5) is 30.9. The molecule has 0 aliphatic heterocycles. The minimum Gasteiger partial charge on any atom is -0.368 e. The van der Waals surface area contributed by atoms with Crippen molar-refractivity contribution in [3.63, 3.8) is 0 Å². The third-order valence-corrected chi connectivity index (χ3v) is 4.89. The number of amides is 2. The van der Waals surface area contributed by atoms with Gasteiger partial charge in [-0.25, -0.2) is 4.98 Å². The number of nitrogens with zero attached hydrogens (tertiary/aromatic N) is 2. The molecule has 1 saturated carbocycles. The standard InChI is InChI=1S/C16H16ClN3O2S/c1-9-19-14(15(23-9)10-2-4-11(17)5-3-10)16(22)20(8-13(18)21)12-6-7-12/h2-5,12H,6-8H2,1H3,(H2,18,21). The molecule has 0 spiro atoms. The first-order chi connectivity index (χ1) is 11.0. The first-order valence-electron chi connectivity index (χ1n) is 7.28. The van der Waals surface area contributed by atoms with Gasteiger partial charge in [0.15, 0.2) is 0 Å². The lowest BCUT2D eigenvalue weighted by atomic mass is 10.1. The van der Waals surface area contributed by atoms with Crippen LogP contribution in [-0.2, 0) is 4.79 Å². The number of primary amides is 1. The van der Waals surface area contributed by atoms with Gasteiger partial charge in [0.2, 0.25) is 5.91 Å². The average molecular weight is 350 g/mol. The Balaban J connectivity index is 1.97. The smallest absolute Gasteiger partial charge is 0.274 e. The van der Waals surface area contributed by atoms with E-state index in [-0.39, 0.29) is 18.5 Å². The summed E-state index contributed by atoms with van der Waals surface area (Å²) in [5.41, 5.74) is 6.55. The molecule has 0 bridgehead atoms. The van der Waals surface area contributed by atoms with Gasteiger partial charge < -0.3 is 10.6 Å². The maximum absolute atomic E-state index is 12.9. The SMILES string of the molecule is Cc1nc(C(=O)N(CC(N)=O)C2CC2)c(-c2ccc(Cl)cc2)s1. The molecule has 3 rings (SSSR count). The Morgan fingerprint density at radius 2 is 2.00 bits per heavy atom. The highest BCUT2D eigenvalue weighted by Gasteiger charge is 2.36. The summed E-state index contributed by atoms with van der Waals surface area (Å²) < 4.78 is 0. The van der Waals surface area contributed by atoms with Gasteiger partial charge in [0.25, 0.3) is 5.91 Å². The minimum atomic E-state index is -0.509. The van der Waals surface area contributed by atoms with Gasteiger partial charge in [0.1, 0.15) is 5.69 Å². The fraction of sp³-hybridized carbons (Fsp3) is 0.312. The molecule has 1 aromatic heterocycles. The molecule has 1 heterocycles. The van der Waals surface area contributed by atoms with Gasteiger partial charge in [-0.15, -0.1) is 11.3 Å². The third kappa shape index (κ3) is 3.54. The zero-order valence-electron chi connectivity index (χ0n) is 12.6. The number of carbonyl (C=O) groups is 2. The second kappa shape index (κ2) is 6.29. The number of halogens is 1. The summed E-state index contributed by atoms with van der Waals surface area (Å²) >= 11 is 7.38. The van der Waals surface area contributed by atoms with Crippen LogP contribution in [0.1, 0.15) is 28.3 Å².